The van der Waals surface area contributed by atoms with E-state index in [9.17, 15) is 9.59 Å². The molecule has 3 amide bonds. The molecule has 6 nitrogen and oxygen atoms in total. The van der Waals surface area contributed by atoms with E-state index in [1.54, 1.807) is 6.92 Å². The topological polar surface area (TPSA) is 71.0 Å². The number of likely N-dealkylation sites (N-methyl/N-ethyl adjacent to an activating group) is 1. The number of imide groups is 1. The Hall–Kier alpha value is -1.59. The molecule has 1 aliphatic heterocycles. The summed E-state index contributed by atoms with van der Waals surface area (Å²) in [5.41, 5.74) is 0. The first-order chi connectivity index (χ1) is 5.70. The molecule has 1 N–H and O–H groups in total. The molecule has 0 unspecified atom stereocenters. The van der Waals surface area contributed by atoms with Gasteiger partial charge in [-0.15, -0.1) is 0 Å². The maximum absolute atomic E-state index is 11.0. The lowest BCUT2D eigenvalue weighted by molar-refractivity contribution is -0.113. The van der Waals surface area contributed by atoms with E-state index in [0.717, 1.165) is 0 Å². The number of oxime groups is 1. The van der Waals surface area contributed by atoms with Crippen LogP contribution >= 0.6 is 0 Å². The number of carbonyl (C=O) groups excluding carboxylic acids is 2. The fraction of sp³-hybridized carbons (Fsp3) is 0.500. The minimum atomic E-state index is -0.524. The van der Waals surface area contributed by atoms with Crippen molar-refractivity contribution in [1.29, 1.82) is 0 Å². The van der Waals surface area contributed by atoms with E-state index in [0.29, 0.717) is 6.54 Å². The van der Waals surface area contributed by atoms with Crippen LogP contribution in [-0.4, -0.2) is 36.3 Å². The summed E-state index contributed by atoms with van der Waals surface area (Å²) in [5.74, 6) is -0.520. The lowest BCUT2D eigenvalue weighted by Crippen LogP contribution is -2.30. The minimum Gasteiger partial charge on any atom is -0.397 e. The zero-order chi connectivity index (χ0) is 9.14. The van der Waals surface area contributed by atoms with Crippen LogP contribution in [0, 0.1) is 0 Å². The monoisotopic (exact) mass is 171 g/mol. The van der Waals surface area contributed by atoms with Crippen molar-refractivity contribution < 1.29 is 14.4 Å². The second kappa shape index (κ2) is 3.21. The summed E-state index contributed by atoms with van der Waals surface area (Å²) in [5, 5.41) is 5.51. The summed E-state index contributed by atoms with van der Waals surface area (Å²) in [7, 11) is 1.32. The van der Waals surface area contributed by atoms with Crippen LogP contribution in [0.3, 0.4) is 0 Å². The van der Waals surface area contributed by atoms with Crippen molar-refractivity contribution in [3.05, 3.63) is 0 Å². The highest BCUT2D eigenvalue weighted by molar-refractivity contribution is 6.46. The second-order valence-electron chi connectivity index (χ2n) is 2.10. The van der Waals surface area contributed by atoms with Crippen LogP contribution in [0.15, 0.2) is 5.16 Å². The van der Waals surface area contributed by atoms with Crippen molar-refractivity contribution in [2.75, 3.05) is 13.7 Å². The van der Waals surface area contributed by atoms with Crippen molar-refractivity contribution in [2.45, 2.75) is 6.92 Å². The van der Waals surface area contributed by atoms with E-state index >= 15 is 0 Å². The molecule has 0 aromatic carbocycles. The number of hydrogen-bond acceptors (Lipinski definition) is 4. The third-order valence-electron chi connectivity index (χ3n) is 1.42. The van der Waals surface area contributed by atoms with Gasteiger partial charge >= 0.3 is 6.03 Å². The molecule has 1 saturated heterocycles. The Labute approximate surface area is 69.2 Å². The molecule has 0 spiro atoms. The van der Waals surface area contributed by atoms with Gasteiger partial charge in [0.15, 0.2) is 0 Å². The fourth-order valence-corrected chi connectivity index (χ4v) is 0.910. The van der Waals surface area contributed by atoms with Gasteiger partial charge in [0.2, 0.25) is 5.84 Å². The van der Waals surface area contributed by atoms with Gasteiger partial charge in [0, 0.05) is 6.54 Å². The lowest BCUT2D eigenvalue weighted by atomic mass is 10.5. The molecular weight excluding hydrogens is 162 g/mol. The van der Waals surface area contributed by atoms with Crippen molar-refractivity contribution >= 4 is 17.8 Å². The molecule has 1 heterocycles. The first-order valence-corrected chi connectivity index (χ1v) is 3.44. The van der Waals surface area contributed by atoms with E-state index in [1.165, 1.54) is 12.0 Å². The van der Waals surface area contributed by atoms with Gasteiger partial charge in [-0.3, -0.25) is 15.0 Å². The molecule has 1 fully saturated rings. The zero-order valence-electron chi connectivity index (χ0n) is 6.83. The summed E-state index contributed by atoms with van der Waals surface area (Å²) < 4.78 is 0. The van der Waals surface area contributed by atoms with Crippen LogP contribution in [0.5, 0.6) is 0 Å². The maximum atomic E-state index is 11.0. The Kier molecular flexibility index (Phi) is 2.27. The normalized spacial score (nSPS) is 20.2. The van der Waals surface area contributed by atoms with E-state index in [1.807, 2.05) is 0 Å². The molecule has 12 heavy (non-hydrogen) atoms. The Bertz CT molecular complexity index is 248. The molecule has 1 rings (SSSR count). The van der Waals surface area contributed by atoms with Crippen molar-refractivity contribution in [1.82, 2.24) is 10.2 Å². The van der Waals surface area contributed by atoms with Gasteiger partial charge < -0.3 is 4.84 Å². The molecule has 0 saturated carbocycles. The standard InChI is InChI=1S/C6H9N3O3/c1-3-9-4(8-12-2)5(10)7-6(9)11/h3H2,1-2H3,(H,7,10,11)/b8-4+. The molecule has 0 radical (unpaired) electrons. The van der Waals surface area contributed by atoms with Crippen LogP contribution in [0.2, 0.25) is 0 Å². The number of rotatable bonds is 2. The number of amides is 3. The van der Waals surface area contributed by atoms with Gasteiger partial charge in [-0.05, 0) is 6.92 Å². The third kappa shape index (κ3) is 1.23. The Morgan fingerprint density at radius 1 is 1.58 bits per heavy atom. The molecule has 0 aromatic rings. The highest BCUT2D eigenvalue weighted by atomic mass is 16.6. The second-order valence-corrected chi connectivity index (χ2v) is 2.10. The molecule has 0 aliphatic carbocycles. The molecule has 0 aromatic heterocycles. The largest absolute Gasteiger partial charge is 0.397 e. The SMILES string of the molecule is CCN1C(=O)NC(=O)/C1=N\OC. The summed E-state index contributed by atoms with van der Waals surface area (Å²) >= 11 is 0. The average molecular weight is 171 g/mol. The predicted octanol–water partition coefficient (Wildman–Crippen LogP) is -0.482. The summed E-state index contributed by atoms with van der Waals surface area (Å²) in [6.07, 6.45) is 0. The summed E-state index contributed by atoms with van der Waals surface area (Å²) in [6.45, 7) is 2.13. The van der Waals surface area contributed by atoms with Crippen LogP contribution < -0.4 is 5.32 Å². The van der Waals surface area contributed by atoms with E-state index in [-0.39, 0.29) is 5.84 Å². The number of hydrogen-bond donors (Lipinski definition) is 1. The highest BCUT2D eigenvalue weighted by Gasteiger charge is 2.34. The third-order valence-corrected chi connectivity index (χ3v) is 1.42. The summed E-state index contributed by atoms with van der Waals surface area (Å²) in [6, 6.07) is -0.460. The molecule has 1 aliphatic rings. The van der Waals surface area contributed by atoms with Gasteiger partial charge in [0.05, 0.1) is 0 Å². The molecule has 6 heteroatoms. The van der Waals surface area contributed by atoms with Gasteiger partial charge in [-0.1, -0.05) is 5.16 Å². The van der Waals surface area contributed by atoms with Crippen LogP contribution in [0.4, 0.5) is 4.79 Å². The zero-order valence-corrected chi connectivity index (χ0v) is 6.83. The molecular formula is C6H9N3O3. The highest BCUT2D eigenvalue weighted by Crippen LogP contribution is 2.01. The number of carbonyl (C=O) groups is 2. The molecule has 0 bridgehead atoms. The van der Waals surface area contributed by atoms with Gasteiger partial charge in [-0.2, -0.15) is 0 Å². The maximum Gasteiger partial charge on any atom is 0.330 e. The van der Waals surface area contributed by atoms with Crippen molar-refractivity contribution in [3.8, 4) is 0 Å². The Morgan fingerprint density at radius 2 is 2.25 bits per heavy atom. The summed E-state index contributed by atoms with van der Waals surface area (Å²) in [4.78, 5) is 27.5. The van der Waals surface area contributed by atoms with Crippen molar-refractivity contribution in [2.24, 2.45) is 5.16 Å². The average Bonchev–Trinajstić information content (AvgIpc) is 2.28. The first-order valence-electron chi connectivity index (χ1n) is 3.44. The van der Waals surface area contributed by atoms with Gasteiger partial charge in [0.1, 0.15) is 7.11 Å². The number of nitrogens with zero attached hydrogens (tertiary/aromatic N) is 2. The van der Waals surface area contributed by atoms with Crippen molar-refractivity contribution in [3.63, 3.8) is 0 Å². The van der Waals surface area contributed by atoms with E-state index in [4.69, 9.17) is 0 Å². The van der Waals surface area contributed by atoms with E-state index < -0.39 is 11.9 Å². The van der Waals surface area contributed by atoms with Crippen LogP contribution in [-0.2, 0) is 9.63 Å². The number of nitrogens with one attached hydrogen (secondary N) is 1. The molecule has 0 atom stereocenters. The lowest BCUT2D eigenvalue weighted by Gasteiger charge is -2.08. The van der Waals surface area contributed by atoms with Gasteiger partial charge in [0.25, 0.3) is 5.91 Å². The van der Waals surface area contributed by atoms with Gasteiger partial charge in [-0.25, -0.2) is 4.79 Å². The predicted molar refractivity (Wildman–Crippen MR) is 40.4 cm³/mol. The quantitative estimate of drug-likeness (QED) is 0.450. The minimum absolute atomic E-state index is 0.00463. The molecule has 66 valence electrons. The fourth-order valence-electron chi connectivity index (χ4n) is 0.910. The smallest absolute Gasteiger partial charge is 0.330 e. The first kappa shape index (κ1) is 8.51. The Morgan fingerprint density at radius 3 is 2.75 bits per heavy atom. The number of amidine groups is 1. The Balaban J connectivity index is 2.89. The number of urea groups is 1. The van der Waals surface area contributed by atoms with E-state index in [2.05, 4.69) is 15.3 Å². The van der Waals surface area contributed by atoms with Crippen LogP contribution in [0.25, 0.3) is 0 Å². The van der Waals surface area contributed by atoms with Crippen LogP contribution in [0.1, 0.15) is 6.92 Å².